The molecule has 0 unspecified atom stereocenters. The molecule has 0 amide bonds. The molecular weight excluding hydrogens is 389 g/mol. The summed E-state index contributed by atoms with van der Waals surface area (Å²) in [6.45, 7) is -0.391. The molecule has 0 radical (unpaired) electrons. The number of hydrogen-bond acceptors (Lipinski definition) is 6. The first-order chi connectivity index (χ1) is 13.7. The molecular formula is C19H15F3N4O3. The summed E-state index contributed by atoms with van der Waals surface area (Å²) in [4.78, 5) is 32.8. The van der Waals surface area contributed by atoms with Gasteiger partial charge in [0.25, 0.3) is 5.56 Å². The molecule has 0 aliphatic heterocycles. The lowest BCUT2D eigenvalue weighted by Crippen LogP contribution is -2.25. The van der Waals surface area contributed by atoms with Crippen LogP contribution < -0.4 is 15.6 Å². The van der Waals surface area contributed by atoms with E-state index in [-0.39, 0.29) is 17.1 Å². The van der Waals surface area contributed by atoms with Crippen LogP contribution in [0.3, 0.4) is 0 Å². The van der Waals surface area contributed by atoms with Crippen molar-refractivity contribution in [1.82, 2.24) is 14.5 Å². The average Bonchev–Trinajstić information content (AvgIpc) is 2.68. The van der Waals surface area contributed by atoms with Gasteiger partial charge in [0.1, 0.15) is 5.75 Å². The maximum atomic E-state index is 12.5. The molecule has 2 aromatic heterocycles. The van der Waals surface area contributed by atoms with Crippen LogP contribution in [0.2, 0.25) is 0 Å². The lowest BCUT2D eigenvalue weighted by atomic mass is 10.1. The standard InChI is InChI=1S/C19H15F3N4O3/c1-26-17(28)10-14(12-6-8-23-9-7-12)25-18(26)24-11-15(27)13-4-2-3-5-16(13)29-19(20,21)22/h2-10H,11H2,1H3,(H,24,25). The number of nitrogens with zero attached hydrogens (tertiary/aromatic N) is 3. The van der Waals surface area contributed by atoms with E-state index in [4.69, 9.17) is 0 Å². The molecule has 2 heterocycles. The minimum Gasteiger partial charge on any atom is -0.405 e. The Hall–Kier alpha value is -3.69. The lowest BCUT2D eigenvalue weighted by molar-refractivity contribution is -0.274. The van der Waals surface area contributed by atoms with Crippen LogP contribution in [-0.4, -0.2) is 33.2 Å². The molecule has 7 nitrogen and oxygen atoms in total. The maximum absolute atomic E-state index is 12.5. The Labute approximate surface area is 162 Å². The van der Waals surface area contributed by atoms with E-state index in [1.54, 1.807) is 24.5 Å². The highest BCUT2D eigenvalue weighted by atomic mass is 19.4. The summed E-state index contributed by atoms with van der Waals surface area (Å²) in [7, 11) is 1.46. The number of Topliss-reactive ketones (excluding diaryl/α,β-unsaturated/α-hetero) is 1. The third-order valence-electron chi connectivity index (χ3n) is 3.93. The smallest absolute Gasteiger partial charge is 0.405 e. The van der Waals surface area contributed by atoms with Gasteiger partial charge in [0, 0.05) is 31.1 Å². The van der Waals surface area contributed by atoms with Crippen LogP contribution in [0.4, 0.5) is 19.1 Å². The number of carbonyl (C=O) groups is 1. The predicted octanol–water partition coefficient (Wildman–Crippen LogP) is 3.04. The topological polar surface area (TPSA) is 86.1 Å². The quantitative estimate of drug-likeness (QED) is 0.636. The van der Waals surface area contributed by atoms with Crippen LogP contribution in [0.5, 0.6) is 5.75 Å². The molecule has 0 aliphatic carbocycles. The molecule has 0 bridgehead atoms. The van der Waals surface area contributed by atoms with Gasteiger partial charge in [-0.1, -0.05) is 12.1 Å². The molecule has 1 N–H and O–H groups in total. The average molecular weight is 404 g/mol. The van der Waals surface area contributed by atoms with E-state index in [1.807, 2.05) is 0 Å². The van der Waals surface area contributed by atoms with Gasteiger partial charge in [-0.3, -0.25) is 19.1 Å². The largest absolute Gasteiger partial charge is 0.573 e. The number of aromatic nitrogens is 3. The van der Waals surface area contributed by atoms with Gasteiger partial charge in [0.2, 0.25) is 5.95 Å². The normalized spacial score (nSPS) is 11.2. The highest BCUT2D eigenvalue weighted by Gasteiger charge is 2.32. The molecule has 1 aromatic carbocycles. The molecule has 0 fully saturated rings. The molecule has 150 valence electrons. The number of ether oxygens (including phenoxy) is 1. The predicted molar refractivity (Wildman–Crippen MR) is 98.7 cm³/mol. The molecule has 10 heteroatoms. The molecule has 0 spiro atoms. The SMILES string of the molecule is Cn1c(NCC(=O)c2ccccc2OC(F)(F)F)nc(-c2ccncc2)cc1=O. The molecule has 0 saturated carbocycles. The Morgan fingerprint density at radius 2 is 1.86 bits per heavy atom. The van der Waals surface area contributed by atoms with Gasteiger partial charge >= 0.3 is 6.36 Å². The lowest BCUT2D eigenvalue weighted by Gasteiger charge is -2.14. The Kier molecular flexibility index (Phi) is 5.62. The van der Waals surface area contributed by atoms with Crippen molar-refractivity contribution in [2.24, 2.45) is 7.05 Å². The van der Waals surface area contributed by atoms with Crippen molar-refractivity contribution >= 4 is 11.7 Å². The van der Waals surface area contributed by atoms with Crippen LogP contribution >= 0.6 is 0 Å². The first-order valence-electron chi connectivity index (χ1n) is 8.35. The monoisotopic (exact) mass is 404 g/mol. The summed E-state index contributed by atoms with van der Waals surface area (Å²) in [6, 6.07) is 9.70. The van der Waals surface area contributed by atoms with Crippen molar-refractivity contribution < 1.29 is 22.7 Å². The van der Waals surface area contributed by atoms with Crippen molar-refractivity contribution in [3.63, 3.8) is 0 Å². The number of para-hydroxylation sites is 1. The van der Waals surface area contributed by atoms with Crippen LogP contribution in [-0.2, 0) is 7.05 Å². The summed E-state index contributed by atoms with van der Waals surface area (Å²) < 4.78 is 42.7. The van der Waals surface area contributed by atoms with Gasteiger partial charge < -0.3 is 10.1 Å². The van der Waals surface area contributed by atoms with E-state index >= 15 is 0 Å². The van der Waals surface area contributed by atoms with Crippen LogP contribution in [0.1, 0.15) is 10.4 Å². The highest BCUT2D eigenvalue weighted by molar-refractivity contribution is 6.01. The van der Waals surface area contributed by atoms with Gasteiger partial charge in [0.15, 0.2) is 5.78 Å². The zero-order valence-electron chi connectivity index (χ0n) is 15.1. The highest BCUT2D eigenvalue weighted by Crippen LogP contribution is 2.26. The Balaban J connectivity index is 1.83. The van der Waals surface area contributed by atoms with Crippen molar-refractivity contribution in [2.75, 3.05) is 11.9 Å². The first kappa shape index (κ1) is 20.1. The number of alkyl halides is 3. The molecule has 0 aliphatic rings. The number of carbonyl (C=O) groups excluding carboxylic acids is 1. The van der Waals surface area contributed by atoms with E-state index in [1.165, 1.54) is 35.9 Å². The fraction of sp³-hybridized carbons (Fsp3) is 0.158. The third kappa shape index (κ3) is 4.98. The second-order valence-electron chi connectivity index (χ2n) is 5.92. The van der Waals surface area contributed by atoms with Crippen LogP contribution in [0.25, 0.3) is 11.3 Å². The fourth-order valence-corrected chi connectivity index (χ4v) is 2.53. The van der Waals surface area contributed by atoms with Gasteiger partial charge in [-0.25, -0.2) is 4.98 Å². The minimum atomic E-state index is -4.92. The number of benzene rings is 1. The van der Waals surface area contributed by atoms with E-state index in [0.29, 0.717) is 11.3 Å². The third-order valence-corrected chi connectivity index (χ3v) is 3.93. The summed E-state index contributed by atoms with van der Waals surface area (Å²) in [5.74, 6) is -1.17. The number of anilines is 1. The summed E-state index contributed by atoms with van der Waals surface area (Å²) in [5, 5.41) is 2.70. The molecule has 29 heavy (non-hydrogen) atoms. The van der Waals surface area contributed by atoms with Crippen molar-refractivity contribution in [2.45, 2.75) is 6.36 Å². The molecule has 3 rings (SSSR count). The fourth-order valence-electron chi connectivity index (χ4n) is 2.53. The van der Waals surface area contributed by atoms with E-state index < -0.39 is 24.4 Å². The van der Waals surface area contributed by atoms with E-state index in [0.717, 1.165) is 6.07 Å². The zero-order valence-corrected chi connectivity index (χ0v) is 15.1. The minimum absolute atomic E-state index is 0.0897. The zero-order chi connectivity index (χ0) is 21.0. The number of hydrogen-bond donors (Lipinski definition) is 1. The second kappa shape index (κ2) is 8.13. The van der Waals surface area contributed by atoms with Crippen molar-refractivity contribution in [3.05, 3.63) is 70.8 Å². The van der Waals surface area contributed by atoms with E-state index in [9.17, 15) is 22.8 Å². The Bertz CT molecular complexity index is 1080. The first-order valence-corrected chi connectivity index (χ1v) is 8.35. The summed E-state index contributed by atoms with van der Waals surface area (Å²) in [6.07, 6.45) is -1.83. The van der Waals surface area contributed by atoms with Crippen molar-refractivity contribution in [1.29, 1.82) is 0 Å². The Morgan fingerprint density at radius 3 is 2.55 bits per heavy atom. The second-order valence-corrected chi connectivity index (χ2v) is 5.92. The number of ketones is 1. The molecule has 0 saturated heterocycles. The summed E-state index contributed by atoms with van der Waals surface area (Å²) >= 11 is 0. The molecule has 0 atom stereocenters. The maximum Gasteiger partial charge on any atom is 0.573 e. The van der Waals surface area contributed by atoms with Crippen LogP contribution in [0.15, 0.2) is 59.7 Å². The number of rotatable bonds is 6. The number of nitrogens with one attached hydrogen (secondary N) is 1. The summed E-state index contributed by atoms with van der Waals surface area (Å²) in [5.41, 5.74) is 0.400. The number of pyridine rings is 1. The van der Waals surface area contributed by atoms with Gasteiger partial charge in [-0.05, 0) is 24.3 Å². The number of halogens is 3. The van der Waals surface area contributed by atoms with Gasteiger partial charge in [0.05, 0.1) is 17.8 Å². The molecule has 3 aromatic rings. The van der Waals surface area contributed by atoms with E-state index in [2.05, 4.69) is 20.0 Å². The van der Waals surface area contributed by atoms with Gasteiger partial charge in [-0.15, -0.1) is 13.2 Å². The Morgan fingerprint density at radius 1 is 1.17 bits per heavy atom. The van der Waals surface area contributed by atoms with Crippen molar-refractivity contribution in [3.8, 4) is 17.0 Å². The van der Waals surface area contributed by atoms with Gasteiger partial charge in [-0.2, -0.15) is 0 Å². The van der Waals surface area contributed by atoms with Crippen LogP contribution in [0, 0.1) is 0 Å².